The van der Waals surface area contributed by atoms with Crippen molar-refractivity contribution < 1.29 is 14.0 Å². The Morgan fingerprint density at radius 2 is 1.97 bits per heavy atom. The van der Waals surface area contributed by atoms with Crippen molar-refractivity contribution in [2.75, 3.05) is 11.1 Å². The van der Waals surface area contributed by atoms with Crippen LogP contribution >= 0.6 is 34.7 Å². The number of halogens is 1. The molecule has 1 aliphatic rings. The molecule has 0 atom stereocenters. The zero-order chi connectivity index (χ0) is 20.4. The zero-order valence-electron chi connectivity index (χ0n) is 15.2. The van der Waals surface area contributed by atoms with Crippen LogP contribution < -0.4 is 11.1 Å². The van der Waals surface area contributed by atoms with Gasteiger partial charge >= 0.3 is 0 Å². The largest absolute Gasteiger partial charge is 0.411 e. The van der Waals surface area contributed by atoms with Crippen molar-refractivity contribution in [1.29, 1.82) is 0 Å². The summed E-state index contributed by atoms with van der Waals surface area (Å²) in [6.45, 7) is 0. The molecule has 1 aliphatic carbocycles. The van der Waals surface area contributed by atoms with E-state index in [1.165, 1.54) is 11.3 Å². The van der Waals surface area contributed by atoms with Gasteiger partial charge in [-0.1, -0.05) is 23.4 Å². The molecule has 0 bridgehead atoms. The Balaban J connectivity index is 1.40. The van der Waals surface area contributed by atoms with Crippen molar-refractivity contribution in [3.8, 4) is 11.5 Å². The summed E-state index contributed by atoms with van der Waals surface area (Å²) in [6, 6.07) is 7.03. The van der Waals surface area contributed by atoms with E-state index in [0.717, 1.165) is 53.4 Å². The second-order valence-corrected chi connectivity index (χ2v) is 8.96. The van der Waals surface area contributed by atoms with Crippen LogP contribution in [0.1, 0.15) is 33.6 Å². The highest BCUT2D eigenvalue weighted by atomic mass is 35.5. The molecule has 4 rings (SSSR count). The lowest BCUT2D eigenvalue weighted by molar-refractivity contribution is -0.113. The topological polar surface area (TPSA) is 111 Å². The van der Waals surface area contributed by atoms with Gasteiger partial charge in [0.1, 0.15) is 5.00 Å². The number of anilines is 1. The number of thiophene rings is 1. The molecule has 2 amide bonds. The minimum atomic E-state index is -0.503. The lowest BCUT2D eigenvalue weighted by atomic mass is 9.95. The van der Waals surface area contributed by atoms with E-state index < -0.39 is 5.91 Å². The monoisotopic (exact) mass is 448 g/mol. The number of nitrogens with zero attached hydrogens (tertiary/aromatic N) is 2. The van der Waals surface area contributed by atoms with E-state index in [4.69, 9.17) is 21.8 Å². The number of nitrogens with one attached hydrogen (secondary N) is 1. The minimum Gasteiger partial charge on any atom is -0.411 e. The lowest BCUT2D eigenvalue weighted by Crippen LogP contribution is -2.19. The van der Waals surface area contributed by atoms with Crippen molar-refractivity contribution >= 4 is 51.5 Å². The van der Waals surface area contributed by atoms with Gasteiger partial charge in [0.25, 0.3) is 11.1 Å². The molecule has 3 N–H and O–H groups in total. The smallest absolute Gasteiger partial charge is 0.277 e. The molecule has 0 fully saturated rings. The van der Waals surface area contributed by atoms with Gasteiger partial charge in [0.15, 0.2) is 0 Å². The predicted octanol–water partition coefficient (Wildman–Crippen LogP) is 4.16. The first-order valence-electron chi connectivity index (χ1n) is 8.97. The maximum atomic E-state index is 12.4. The number of primary amides is 1. The maximum absolute atomic E-state index is 12.4. The highest BCUT2D eigenvalue weighted by molar-refractivity contribution is 7.99. The quantitative estimate of drug-likeness (QED) is 0.547. The van der Waals surface area contributed by atoms with Crippen molar-refractivity contribution in [1.82, 2.24) is 10.2 Å². The molecule has 29 heavy (non-hydrogen) atoms. The van der Waals surface area contributed by atoms with Gasteiger partial charge in [0, 0.05) is 15.5 Å². The first-order valence-corrected chi connectivity index (χ1v) is 11.2. The highest BCUT2D eigenvalue weighted by Gasteiger charge is 2.25. The van der Waals surface area contributed by atoms with Gasteiger partial charge < -0.3 is 15.5 Å². The van der Waals surface area contributed by atoms with E-state index in [1.807, 2.05) is 0 Å². The van der Waals surface area contributed by atoms with Crippen LogP contribution in [-0.2, 0) is 17.6 Å². The van der Waals surface area contributed by atoms with Gasteiger partial charge in [-0.25, -0.2) is 0 Å². The van der Waals surface area contributed by atoms with Gasteiger partial charge in [-0.05, 0) is 55.5 Å². The van der Waals surface area contributed by atoms with Crippen molar-refractivity contribution in [2.45, 2.75) is 30.9 Å². The van der Waals surface area contributed by atoms with Gasteiger partial charge in [0.2, 0.25) is 11.8 Å². The predicted molar refractivity (Wildman–Crippen MR) is 114 cm³/mol. The van der Waals surface area contributed by atoms with Gasteiger partial charge in [-0.2, -0.15) is 0 Å². The van der Waals surface area contributed by atoms with Crippen molar-refractivity contribution in [3.63, 3.8) is 0 Å². The third-order valence-electron chi connectivity index (χ3n) is 4.50. The molecule has 7 nitrogen and oxygen atoms in total. The molecule has 2 heterocycles. The molecule has 0 saturated heterocycles. The van der Waals surface area contributed by atoms with Crippen LogP contribution in [0.5, 0.6) is 0 Å². The summed E-state index contributed by atoms with van der Waals surface area (Å²) in [5, 5.41) is 12.2. The third kappa shape index (κ3) is 4.47. The molecule has 2 aromatic heterocycles. The van der Waals surface area contributed by atoms with Gasteiger partial charge in [-0.15, -0.1) is 21.5 Å². The zero-order valence-corrected chi connectivity index (χ0v) is 17.6. The first-order chi connectivity index (χ1) is 14.0. The van der Waals surface area contributed by atoms with E-state index in [9.17, 15) is 9.59 Å². The van der Waals surface area contributed by atoms with E-state index in [0.29, 0.717) is 21.5 Å². The number of aryl methyl sites for hydroxylation is 1. The Labute approximate surface area is 180 Å². The Bertz CT molecular complexity index is 1060. The number of carbonyl (C=O) groups is 2. The molecular weight excluding hydrogens is 432 g/mol. The summed E-state index contributed by atoms with van der Waals surface area (Å²) in [6.07, 6.45) is 3.85. The number of hydrogen-bond acceptors (Lipinski definition) is 7. The van der Waals surface area contributed by atoms with Gasteiger partial charge in [0.05, 0.1) is 11.3 Å². The first kappa shape index (κ1) is 19.9. The maximum Gasteiger partial charge on any atom is 0.277 e. The summed E-state index contributed by atoms with van der Waals surface area (Å²) in [4.78, 5) is 25.4. The molecule has 3 aromatic rings. The number of hydrogen-bond donors (Lipinski definition) is 2. The number of aromatic nitrogens is 2. The number of thioether (sulfide) groups is 1. The van der Waals surface area contributed by atoms with Crippen LogP contribution in [0.3, 0.4) is 0 Å². The van der Waals surface area contributed by atoms with Crippen molar-refractivity contribution in [3.05, 3.63) is 45.3 Å². The number of amides is 2. The average molecular weight is 449 g/mol. The fourth-order valence-electron chi connectivity index (χ4n) is 3.18. The minimum absolute atomic E-state index is 0.0724. The average Bonchev–Trinajstić information content (AvgIpc) is 3.31. The Morgan fingerprint density at radius 3 is 2.72 bits per heavy atom. The molecule has 150 valence electrons. The number of carbonyl (C=O) groups excluding carboxylic acids is 2. The van der Waals surface area contributed by atoms with Crippen LogP contribution in [0.25, 0.3) is 11.5 Å². The number of nitrogens with two attached hydrogens (primary N) is 1. The molecular formula is C19H17ClN4O3S2. The molecule has 0 spiro atoms. The van der Waals surface area contributed by atoms with E-state index in [-0.39, 0.29) is 16.9 Å². The van der Waals surface area contributed by atoms with Crippen LogP contribution in [0.15, 0.2) is 33.9 Å². The number of rotatable bonds is 6. The van der Waals surface area contributed by atoms with E-state index in [1.54, 1.807) is 24.3 Å². The standard InChI is InChI=1S/C19H17ClN4O3S2/c20-11-7-5-10(6-8-11)17-23-24-19(27-17)28-9-14(25)22-18-15(16(21)26)12-3-1-2-4-13(12)29-18/h5-8H,1-4,9H2,(H2,21,26)(H,22,25). The Kier molecular flexibility index (Phi) is 5.89. The fraction of sp³-hybridized carbons (Fsp3) is 0.263. The summed E-state index contributed by atoms with van der Waals surface area (Å²) in [5.41, 5.74) is 7.74. The highest BCUT2D eigenvalue weighted by Crippen LogP contribution is 2.38. The molecule has 1 aromatic carbocycles. The fourth-order valence-corrected chi connectivity index (χ4v) is 5.18. The van der Waals surface area contributed by atoms with E-state index in [2.05, 4.69) is 15.5 Å². The SMILES string of the molecule is NC(=O)c1c(NC(=O)CSc2nnc(-c3ccc(Cl)cc3)o2)sc2c1CCCC2. The lowest BCUT2D eigenvalue weighted by Gasteiger charge is -2.11. The molecule has 0 aliphatic heterocycles. The number of fused-ring (bicyclic) bond motifs is 1. The second kappa shape index (κ2) is 8.56. The van der Waals surface area contributed by atoms with Gasteiger partial charge in [-0.3, -0.25) is 9.59 Å². The second-order valence-electron chi connectivity index (χ2n) is 6.50. The van der Waals surface area contributed by atoms with Crippen LogP contribution in [0.2, 0.25) is 5.02 Å². The van der Waals surface area contributed by atoms with E-state index >= 15 is 0 Å². The number of benzene rings is 1. The summed E-state index contributed by atoms with van der Waals surface area (Å²) >= 11 is 8.44. The Morgan fingerprint density at radius 1 is 1.21 bits per heavy atom. The third-order valence-corrected chi connectivity index (χ3v) is 6.77. The summed E-state index contributed by atoms with van der Waals surface area (Å²) in [7, 11) is 0. The molecule has 10 heteroatoms. The molecule has 0 radical (unpaired) electrons. The summed E-state index contributed by atoms with van der Waals surface area (Å²) < 4.78 is 5.58. The molecule has 0 unspecified atom stereocenters. The Hall–Kier alpha value is -2.36. The molecule has 0 saturated carbocycles. The van der Waals surface area contributed by atoms with Crippen LogP contribution in [0.4, 0.5) is 5.00 Å². The van der Waals surface area contributed by atoms with Crippen LogP contribution in [-0.4, -0.2) is 27.8 Å². The van der Waals surface area contributed by atoms with Crippen molar-refractivity contribution in [2.24, 2.45) is 5.73 Å². The normalized spacial score (nSPS) is 13.1. The van der Waals surface area contributed by atoms with Crippen LogP contribution in [0, 0.1) is 0 Å². The summed E-state index contributed by atoms with van der Waals surface area (Å²) in [5.74, 6) is -0.339.